The van der Waals surface area contributed by atoms with Crippen molar-refractivity contribution in [3.8, 4) is 0 Å². The zero-order chi connectivity index (χ0) is 14.8. The topological polar surface area (TPSA) is 105 Å². The SMILES string of the molecule is CCC(C)NCC(=O)NC(CCC(=O)OC)C(=O)O. The average Bonchev–Trinajstić information content (AvgIpc) is 2.39. The summed E-state index contributed by atoms with van der Waals surface area (Å²) in [5, 5.41) is 14.3. The van der Waals surface area contributed by atoms with E-state index >= 15 is 0 Å². The highest BCUT2D eigenvalue weighted by Gasteiger charge is 2.21. The van der Waals surface area contributed by atoms with E-state index in [-0.39, 0.29) is 25.4 Å². The molecule has 0 spiro atoms. The zero-order valence-corrected chi connectivity index (χ0v) is 11.6. The van der Waals surface area contributed by atoms with Gasteiger partial charge in [0.05, 0.1) is 13.7 Å². The van der Waals surface area contributed by atoms with Gasteiger partial charge in [-0.05, 0) is 19.8 Å². The Labute approximate surface area is 112 Å². The maximum Gasteiger partial charge on any atom is 0.326 e. The summed E-state index contributed by atoms with van der Waals surface area (Å²) in [5.74, 6) is -2.07. The molecule has 0 aromatic heterocycles. The largest absolute Gasteiger partial charge is 0.480 e. The van der Waals surface area contributed by atoms with Crippen molar-refractivity contribution in [3.63, 3.8) is 0 Å². The van der Waals surface area contributed by atoms with Gasteiger partial charge in [-0.15, -0.1) is 0 Å². The number of hydrogen-bond acceptors (Lipinski definition) is 5. The summed E-state index contributed by atoms with van der Waals surface area (Å²) in [6, 6.07) is -0.894. The standard InChI is InChI=1S/C12H22N2O5/c1-4-8(2)13-7-10(15)14-9(12(17)18)5-6-11(16)19-3/h8-9,13H,4-7H2,1-3H3,(H,14,15)(H,17,18). The fourth-order valence-corrected chi connectivity index (χ4v) is 1.28. The van der Waals surface area contributed by atoms with Gasteiger partial charge in [-0.25, -0.2) is 4.79 Å². The highest BCUT2D eigenvalue weighted by Crippen LogP contribution is 1.99. The van der Waals surface area contributed by atoms with Crippen molar-refractivity contribution >= 4 is 17.8 Å². The zero-order valence-electron chi connectivity index (χ0n) is 11.6. The maximum atomic E-state index is 11.5. The van der Waals surface area contributed by atoms with E-state index in [1.807, 2.05) is 13.8 Å². The summed E-state index contributed by atoms with van der Waals surface area (Å²) in [7, 11) is 1.23. The Balaban J connectivity index is 4.15. The minimum atomic E-state index is -1.17. The second-order valence-electron chi connectivity index (χ2n) is 4.26. The van der Waals surface area contributed by atoms with Gasteiger partial charge in [0, 0.05) is 12.5 Å². The minimum Gasteiger partial charge on any atom is -0.480 e. The number of esters is 1. The van der Waals surface area contributed by atoms with Crippen molar-refractivity contribution in [1.29, 1.82) is 0 Å². The third-order valence-corrected chi connectivity index (χ3v) is 2.72. The predicted octanol–water partition coefficient (Wildman–Crippen LogP) is -0.103. The molecule has 0 fully saturated rings. The number of carbonyl (C=O) groups excluding carboxylic acids is 2. The van der Waals surface area contributed by atoms with E-state index in [2.05, 4.69) is 15.4 Å². The van der Waals surface area contributed by atoms with Crippen molar-refractivity contribution in [2.24, 2.45) is 0 Å². The van der Waals surface area contributed by atoms with Gasteiger partial charge in [0.25, 0.3) is 0 Å². The van der Waals surface area contributed by atoms with Gasteiger partial charge in [0.2, 0.25) is 5.91 Å². The first-order valence-corrected chi connectivity index (χ1v) is 6.23. The van der Waals surface area contributed by atoms with Crippen LogP contribution in [-0.2, 0) is 19.1 Å². The number of rotatable bonds is 9. The Morgan fingerprint density at radius 3 is 2.42 bits per heavy atom. The summed E-state index contributed by atoms with van der Waals surface area (Å²) < 4.78 is 4.42. The molecule has 0 bridgehead atoms. The van der Waals surface area contributed by atoms with E-state index in [9.17, 15) is 14.4 Å². The molecule has 3 N–H and O–H groups in total. The summed E-state index contributed by atoms with van der Waals surface area (Å²) in [6.07, 6.45) is 0.835. The van der Waals surface area contributed by atoms with E-state index < -0.39 is 23.9 Å². The van der Waals surface area contributed by atoms with E-state index in [4.69, 9.17) is 5.11 Å². The maximum absolute atomic E-state index is 11.5. The molecule has 7 nitrogen and oxygen atoms in total. The smallest absolute Gasteiger partial charge is 0.326 e. The molecule has 0 saturated carbocycles. The van der Waals surface area contributed by atoms with Crippen molar-refractivity contribution in [3.05, 3.63) is 0 Å². The number of ether oxygens (including phenoxy) is 1. The van der Waals surface area contributed by atoms with Gasteiger partial charge in [-0.2, -0.15) is 0 Å². The molecule has 0 saturated heterocycles. The Morgan fingerprint density at radius 2 is 1.95 bits per heavy atom. The molecular formula is C12H22N2O5. The predicted molar refractivity (Wildman–Crippen MR) is 68.6 cm³/mol. The normalized spacial score (nSPS) is 13.4. The fraction of sp³-hybridized carbons (Fsp3) is 0.750. The molecule has 0 aliphatic carbocycles. The number of amides is 1. The summed E-state index contributed by atoms with van der Waals surface area (Å²) in [4.78, 5) is 33.4. The summed E-state index contributed by atoms with van der Waals surface area (Å²) >= 11 is 0. The van der Waals surface area contributed by atoms with Crippen LogP contribution >= 0.6 is 0 Å². The fourth-order valence-electron chi connectivity index (χ4n) is 1.28. The van der Waals surface area contributed by atoms with Crippen LogP contribution < -0.4 is 10.6 Å². The van der Waals surface area contributed by atoms with E-state index in [1.54, 1.807) is 0 Å². The van der Waals surface area contributed by atoms with Crippen molar-refractivity contribution < 1.29 is 24.2 Å². The van der Waals surface area contributed by atoms with E-state index in [1.165, 1.54) is 7.11 Å². The lowest BCUT2D eigenvalue weighted by atomic mass is 10.1. The third-order valence-electron chi connectivity index (χ3n) is 2.72. The Hall–Kier alpha value is -1.63. The lowest BCUT2D eigenvalue weighted by Gasteiger charge is -2.15. The molecular weight excluding hydrogens is 252 g/mol. The molecule has 0 radical (unpaired) electrons. The quantitative estimate of drug-likeness (QED) is 0.507. The van der Waals surface area contributed by atoms with Crippen LogP contribution in [0.25, 0.3) is 0 Å². The van der Waals surface area contributed by atoms with E-state index in [0.717, 1.165) is 6.42 Å². The second-order valence-corrected chi connectivity index (χ2v) is 4.26. The number of aliphatic carboxylic acids is 1. The molecule has 2 unspecified atom stereocenters. The van der Waals surface area contributed by atoms with E-state index in [0.29, 0.717) is 0 Å². The van der Waals surface area contributed by atoms with Crippen LogP contribution in [0.3, 0.4) is 0 Å². The van der Waals surface area contributed by atoms with Crippen molar-refractivity contribution in [1.82, 2.24) is 10.6 Å². The molecule has 0 aliphatic heterocycles. The molecule has 0 aliphatic rings. The monoisotopic (exact) mass is 274 g/mol. The molecule has 19 heavy (non-hydrogen) atoms. The highest BCUT2D eigenvalue weighted by atomic mass is 16.5. The van der Waals surface area contributed by atoms with Crippen molar-refractivity contribution in [2.45, 2.75) is 45.2 Å². The third kappa shape index (κ3) is 8.15. The molecule has 2 atom stereocenters. The van der Waals surface area contributed by atoms with Crippen LogP contribution in [0.2, 0.25) is 0 Å². The lowest BCUT2D eigenvalue weighted by Crippen LogP contribution is -2.46. The van der Waals surface area contributed by atoms with Crippen LogP contribution in [0.4, 0.5) is 0 Å². The highest BCUT2D eigenvalue weighted by molar-refractivity contribution is 5.85. The van der Waals surface area contributed by atoms with Gasteiger partial charge >= 0.3 is 11.9 Å². The second kappa shape index (κ2) is 9.32. The number of carboxylic acid groups (broad SMARTS) is 1. The molecule has 0 aromatic carbocycles. The van der Waals surface area contributed by atoms with Gasteiger partial charge in [-0.3, -0.25) is 9.59 Å². The first kappa shape index (κ1) is 17.4. The van der Waals surface area contributed by atoms with Gasteiger partial charge < -0.3 is 20.5 Å². The lowest BCUT2D eigenvalue weighted by molar-refractivity contribution is -0.144. The van der Waals surface area contributed by atoms with Gasteiger partial charge in [0.1, 0.15) is 6.04 Å². The minimum absolute atomic E-state index is 0.0110. The van der Waals surface area contributed by atoms with Crippen LogP contribution in [-0.4, -0.2) is 48.7 Å². The first-order valence-electron chi connectivity index (χ1n) is 6.23. The number of nitrogens with one attached hydrogen (secondary N) is 2. The number of carbonyl (C=O) groups is 3. The van der Waals surface area contributed by atoms with Gasteiger partial charge in [0.15, 0.2) is 0 Å². The molecule has 1 amide bonds. The average molecular weight is 274 g/mol. The summed E-state index contributed by atoms with van der Waals surface area (Å²) in [5.41, 5.74) is 0. The molecule has 7 heteroatoms. The molecule has 0 aromatic rings. The van der Waals surface area contributed by atoms with Crippen LogP contribution in [0.15, 0.2) is 0 Å². The van der Waals surface area contributed by atoms with Crippen molar-refractivity contribution in [2.75, 3.05) is 13.7 Å². The molecule has 110 valence electrons. The first-order chi connectivity index (χ1) is 8.90. The van der Waals surface area contributed by atoms with Crippen LogP contribution in [0.5, 0.6) is 0 Å². The molecule has 0 rings (SSSR count). The van der Waals surface area contributed by atoms with Gasteiger partial charge in [-0.1, -0.05) is 6.92 Å². The van der Waals surface area contributed by atoms with Crippen LogP contribution in [0.1, 0.15) is 33.1 Å². The molecule has 0 heterocycles. The number of carboxylic acids is 1. The Bertz CT molecular complexity index is 319. The summed E-state index contributed by atoms with van der Waals surface area (Å²) in [6.45, 7) is 3.96. The number of hydrogen-bond donors (Lipinski definition) is 3. The number of methoxy groups -OCH3 is 1. The Morgan fingerprint density at radius 1 is 1.32 bits per heavy atom. The Kier molecular flexibility index (Phi) is 8.52. The van der Waals surface area contributed by atoms with Crippen LogP contribution in [0, 0.1) is 0 Å².